The summed E-state index contributed by atoms with van der Waals surface area (Å²) in [6.07, 6.45) is 1.94. The van der Waals surface area contributed by atoms with Gasteiger partial charge in [-0.3, -0.25) is 9.78 Å². The summed E-state index contributed by atoms with van der Waals surface area (Å²) in [6, 6.07) is 13.2. The van der Waals surface area contributed by atoms with Crippen LogP contribution in [0.5, 0.6) is 0 Å². The summed E-state index contributed by atoms with van der Waals surface area (Å²) in [5.74, 6) is -0.232. The van der Waals surface area contributed by atoms with Crippen LogP contribution >= 0.6 is 0 Å². The summed E-state index contributed by atoms with van der Waals surface area (Å²) in [6.45, 7) is 6.57. The Bertz CT molecular complexity index is 1130. The molecule has 7 heteroatoms. The minimum absolute atomic E-state index is 0.0806. The van der Waals surface area contributed by atoms with E-state index in [-0.39, 0.29) is 17.6 Å². The fourth-order valence-electron chi connectivity index (χ4n) is 4.24. The number of halogens is 2. The number of nitrogens with one attached hydrogen (secondary N) is 1. The van der Waals surface area contributed by atoms with Crippen LogP contribution in [0.4, 0.5) is 20.3 Å². The van der Waals surface area contributed by atoms with Crippen LogP contribution in [0.3, 0.4) is 0 Å². The first-order chi connectivity index (χ1) is 15.2. The van der Waals surface area contributed by atoms with Crippen molar-refractivity contribution < 1.29 is 13.6 Å². The SMILES string of the molecule is Cc1cc(Nc2ccc(F)cn2)cc([C@@H]2CCN(C(=O)C(C)(C)c3ccccc3F)C2)n1. The zero-order chi connectivity index (χ0) is 22.9. The van der Waals surface area contributed by atoms with Gasteiger partial charge in [-0.2, -0.15) is 0 Å². The first-order valence-electron chi connectivity index (χ1n) is 10.7. The molecule has 1 aromatic carbocycles. The van der Waals surface area contributed by atoms with Crippen molar-refractivity contribution in [2.24, 2.45) is 0 Å². The van der Waals surface area contributed by atoms with Crippen LogP contribution in [0.25, 0.3) is 0 Å². The number of carbonyl (C=O) groups excluding carboxylic acids is 1. The predicted octanol–water partition coefficient (Wildman–Crippen LogP) is 5.10. The summed E-state index contributed by atoms with van der Waals surface area (Å²) in [5, 5.41) is 3.18. The first-order valence-corrected chi connectivity index (χ1v) is 10.7. The molecule has 4 rings (SSSR count). The van der Waals surface area contributed by atoms with Gasteiger partial charge in [-0.25, -0.2) is 13.8 Å². The Morgan fingerprint density at radius 1 is 1.16 bits per heavy atom. The molecular weight excluding hydrogens is 410 g/mol. The highest BCUT2D eigenvalue weighted by molar-refractivity contribution is 5.87. The molecule has 32 heavy (non-hydrogen) atoms. The molecule has 0 bridgehead atoms. The molecule has 1 aliphatic rings. The highest BCUT2D eigenvalue weighted by Gasteiger charge is 2.39. The summed E-state index contributed by atoms with van der Waals surface area (Å²) < 4.78 is 27.5. The Morgan fingerprint density at radius 2 is 1.94 bits per heavy atom. The maximum Gasteiger partial charge on any atom is 0.232 e. The Labute approximate surface area is 186 Å². The minimum Gasteiger partial charge on any atom is -0.341 e. The van der Waals surface area contributed by atoms with E-state index in [4.69, 9.17) is 0 Å². The normalized spacial score (nSPS) is 16.3. The summed E-state index contributed by atoms with van der Waals surface area (Å²) >= 11 is 0. The molecule has 1 fully saturated rings. The van der Waals surface area contributed by atoms with Gasteiger partial charge in [0.05, 0.1) is 11.6 Å². The molecule has 1 amide bonds. The van der Waals surface area contributed by atoms with Gasteiger partial charge >= 0.3 is 0 Å². The number of aryl methyl sites for hydroxylation is 1. The average Bonchev–Trinajstić information content (AvgIpc) is 3.25. The van der Waals surface area contributed by atoms with E-state index in [0.29, 0.717) is 24.5 Å². The number of pyridine rings is 2. The van der Waals surface area contributed by atoms with E-state index in [0.717, 1.165) is 29.7 Å². The van der Waals surface area contributed by atoms with Crippen molar-refractivity contribution >= 4 is 17.4 Å². The van der Waals surface area contributed by atoms with Crippen LogP contribution in [-0.2, 0) is 10.2 Å². The van der Waals surface area contributed by atoms with E-state index in [1.54, 1.807) is 43.0 Å². The second-order valence-corrected chi connectivity index (χ2v) is 8.75. The number of likely N-dealkylation sites (tertiary alicyclic amines) is 1. The number of aromatic nitrogens is 2. The molecular formula is C25H26F2N4O. The smallest absolute Gasteiger partial charge is 0.232 e. The molecule has 166 valence electrons. The molecule has 0 unspecified atom stereocenters. The Hall–Kier alpha value is -3.35. The number of nitrogens with zero attached hydrogens (tertiary/aromatic N) is 3. The number of rotatable bonds is 5. The highest BCUT2D eigenvalue weighted by Crippen LogP contribution is 2.34. The topological polar surface area (TPSA) is 58.1 Å². The van der Waals surface area contributed by atoms with E-state index in [1.165, 1.54) is 12.1 Å². The second-order valence-electron chi connectivity index (χ2n) is 8.75. The van der Waals surface area contributed by atoms with Gasteiger partial charge in [0, 0.05) is 41.6 Å². The maximum atomic E-state index is 14.4. The molecule has 1 atom stereocenters. The maximum absolute atomic E-state index is 14.4. The molecule has 0 spiro atoms. The third kappa shape index (κ3) is 4.47. The Morgan fingerprint density at radius 3 is 2.66 bits per heavy atom. The van der Waals surface area contributed by atoms with Crippen molar-refractivity contribution in [1.82, 2.24) is 14.9 Å². The van der Waals surface area contributed by atoms with Crippen molar-refractivity contribution in [2.45, 2.75) is 38.5 Å². The monoisotopic (exact) mass is 436 g/mol. The molecule has 3 aromatic rings. The van der Waals surface area contributed by atoms with Gasteiger partial charge in [-0.05, 0) is 57.5 Å². The predicted molar refractivity (Wildman–Crippen MR) is 120 cm³/mol. The van der Waals surface area contributed by atoms with E-state index in [1.807, 2.05) is 19.1 Å². The fraction of sp³-hybridized carbons (Fsp3) is 0.320. The fourth-order valence-corrected chi connectivity index (χ4v) is 4.24. The number of benzene rings is 1. The lowest BCUT2D eigenvalue weighted by Gasteiger charge is -2.30. The van der Waals surface area contributed by atoms with E-state index in [2.05, 4.69) is 15.3 Å². The van der Waals surface area contributed by atoms with Gasteiger partial charge < -0.3 is 10.2 Å². The Kier molecular flexibility index (Phi) is 5.91. The van der Waals surface area contributed by atoms with Crippen LogP contribution in [0.15, 0.2) is 54.7 Å². The number of anilines is 2. The van der Waals surface area contributed by atoms with E-state index < -0.39 is 11.2 Å². The average molecular weight is 437 g/mol. The van der Waals surface area contributed by atoms with Crippen molar-refractivity contribution in [3.8, 4) is 0 Å². The zero-order valence-electron chi connectivity index (χ0n) is 18.4. The van der Waals surface area contributed by atoms with Crippen LogP contribution in [-0.4, -0.2) is 33.9 Å². The number of amides is 1. The third-order valence-electron chi connectivity index (χ3n) is 5.95. The molecule has 3 heterocycles. The van der Waals surface area contributed by atoms with Crippen molar-refractivity contribution in [3.63, 3.8) is 0 Å². The largest absolute Gasteiger partial charge is 0.341 e. The molecule has 1 saturated heterocycles. The quantitative estimate of drug-likeness (QED) is 0.605. The molecule has 2 aromatic heterocycles. The number of hydrogen-bond donors (Lipinski definition) is 1. The number of carbonyl (C=O) groups is 1. The van der Waals surface area contributed by atoms with Gasteiger partial charge in [0.15, 0.2) is 0 Å². The van der Waals surface area contributed by atoms with E-state index >= 15 is 0 Å². The van der Waals surface area contributed by atoms with Gasteiger partial charge in [0.1, 0.15) is 17.5 Å². The minimum atomic E-state index is -0.957. The third-order valence-corrected chi connectivity index (χ3v) is 5.95. The van der Waals surface area contributed by atoms with Crippen molar-refractivity contribution in [3.05, 3.63) is 83.3 Å². The summed E-state index contributed by atoms with van der Waals surface area (Å²) in [5.41, 5.74) is 1.97. The summed E-state index contributed by atoms with van der Waals surface area (Å²) in [7, 11) is 0. The van der Waals surface area contributed by atoms with Crippen LogP contribution in [0.1, 0.15) is 43.1 Å². The standard InChI is InChI=1S/C25H26F2N4O/c1-16-12-19(30-23-9-8-18(26)14-28-23)13-22(29-16)17-10-11-31(15-17)24(32)25(2,3)20-6-4-5-7-21(20)27/h4-9,12-14,17H,10-11,15H2,1-3H3,(H,28,29,30)/t17-/m1/s1. The van der Waals surface area contributed by atoms with Crippen LogP contribution in [0, 0.1) is 18.6 Å². The first kappa shape index (κ1) is 21.9. The van der Waals surface area contributed by atoms with Gasteiger partial charge in [-0.1, -0.05) is 18.2 Å². The Balaban J connectivity index is 1.50. The number of hydrogen-bond acceptors (Lipinski definition) is 4. The highest BCUT2D eigenvalue weighted by atomic mass is 19.1. The summed E-state index contributed by atoms with van der Waals surface area (Å²) in [4.78, 5) is 23.8. The molecule has 1 aliphatic heterocycles. The van der Waals surface area contributed by atoms with Gasteiger partial charge in [-0.15, -0.1) is 0 Å². The van der Waals surface area contributed by atoms with E-state index in [9.17, 15) is 13.6 Å². The van der Waals surface area contributed by atoms with Crippen molar-refractivity contribution in [1.29, 1.82) is 0 Å². The lowest BCUT2D eigenvalue weighted by atomic mass is 9.83. The van der Waals surface area contributed by atoms with Gasteiger partial charge in [0.2, 0.25) is 5.91 Å². The van der Waals surface area contributed by atoms with Crippen LogP contribution in [0.2, 0.25) is 0 Å². The zero-order valence-corrected chi connectivity index (χ0v) is 18.4. The second kappa shape index (κ2) is 8.65. The lowest BCUT2D eigenvalue weighted by Crippen LogP contribution is -2.42. The molecule has 0 radical (unpaired) electrons. The van der Waals surface area contributed by atoms with Crippen molar-refractivity contribution in [2.75, 3.05) is 18.4 Å². The molecule has 0 aliphatic carbocycles. The van der Waals surface area contributed by atoms with Crippen LogP contribution < -0.4 is 5.32 Å². The van der Waals surface area contributed by atoms with Gasteiger partial charge in [0.25, 0.3) is 0 Å². The lowest BCUT2D eigenvalue weighted by molar-refractivity contribution is -0.135. The molecule has 1 N–H and O–H groups in total. The molecule has 5 nitrogen and oxygen atoms in total. The molecule has 0 saturated carbocycles.